The average Bonchev–Trinajstić information content (AvgIpc) is 3.22. The maximum atomic E-state index is 12.5. The zero-order valence-electron chi connectivity index (χ0n) is 22.9. The van der Waals surface area contributed by atoms with Crippen molar-refractivity contribution in [3.8, 4) is 11.5 Å². The molecule has 3 N–H and O–H groups in total. The van der Waals surface area contributed by atoms with Crippen molar-refractivity contribution in [1.82, 2.24) is 9.55 Å². The molecule has 0 unspecified atom stereocenters. The summed E-state index contributed by atoms with van der Waals surface area (Å²) in [5.41, 5.74) is -2.04. The van der Waals surface area contributed by atoms with Crippen molar-refractivity contribution >= 4 is 0 Å². The standard InChI is InChI=1S/C31H32N2O8/c1-30(37)27(35)25(41-28(30)33-18-17-26(34)32-29(33)36)19-40-31(20-7-5-4-6-8-20,21-9-13-23(38-2)14-10-21)22-11-15-24(39-3)16-12-22/h4-18,25,27-28,35,37H,19H2,1-3H3,(H,32,34,36)/t25-,27-,28-,30-/m1/s1. The fraction of sp³-hybridized carbons (Fsp3) is 0.290. The van der Waals surface area contributed by atoms with E-state index in [1.54, 1.807) is 14.2 Å². The second-order valence-electron chi connectivity index (χ2n) is 10.0. The highest BCUT2D eigenvalue weighted by atomic mass is 16.6. The summed E-state index contributed by atoms with van der Waals surface area (Å²) in [6.07, 6.45) is -2.51. The van der Waals surface area contributed by atoms with Crippen molar-refractivity contribution in [3.05, 3.63) is 129 Å². The van der Waals surface area contributed by atoms with E-state index in [2.05, 4.69) is 4.98 Å². The Kier molecular flexibility index (Phi) is 7.83. The van der Waals surface area contributed by atoms with Crippen molar-refractivity contribution in [2.24, 2.45) is 0 Å². The predicted octanol–water partition coefficient (Wildman–Crippen LogP) is 2.57. The molecule has 0 radical (unpaired) electrons. The summed E-state index contributed by atoms with van der Waals surface area (Å²) in [4.78, 5) is 26.2. The van der Waals surface area contributed by atoms with Gasteiger partial charge in [-0.2, -0.15) is 0 Å². The van der Waals surface area contributed by atoms with Gasteiger partial charge in [-0.3, -0.25) is 14.3 Å². The van der Waals surface area contributed by atoms with Crippen LogP contribution in [-0.4, -0.2) is 58.4 Å². The molecule has 1 saturated heterocycles. The van der Waals surface area contributed by atoms with Gasteiger partial charge in [0.2, 0.25) is 0 Å². The Balaban J connectivity index is 1.58. The SMILES string of the molecule is COc1ccc(C(OC[C@H]2O[C@@H](n3ccc(=O)[nH]c3=O)[C@](C)(O)[C@@H]2O)(c2ccccc2)c2ccc(OC)cc2)cc1. The first-order valence-corrected chi connectivity index (χ1v) is 13.1. The highest BCUT2D eigenvalue weighted by molar-refractivity contribution is 5.49. The molecule has 10 heteroatoms. The topological polar surface area (TPSA) is 132 Å². The third-order valence-corrected chi connectivity index (χ3v) is 7.50. The number of hydrogen-bond acceptors (Lipinski definition) is 8. The molecule has 4 aromatic rings. The number of aromatic nitrogens is 2. The zero-order chi connectivity index (χ0) is 29.2. The van der Waals surface area contributed by atoms with Gasteiger partial charge >= 0.3 is 5.69 Å². The van der Waals surface area contributed by atoms with E-state index in [1.165, 1.54) is 13.1 Å². The quantitative estimate of drug-likeness (QED) is 0.266. The third-order valence-electron chi connectivity index (χ3n) is 7.50. The Morgan fingerprint density at radius 3 is 1.93 bits per heavy atom. The molecule has 1 aliphatic heterocycles. The van der Waals surface area contributed by atoms with E-state index >= 15 is 0 Å². The van der Waals surface area contributed by atoms with Gasteiger partial charge in [-0.15, -0.1) is 0 Å². The fourth-order valence-corrected chi connectivity index (χ4v) is 5.27. The van der Waals surface area contributed by atoms with Gasteiger partial charge in [0, 0.05) is 12.3 Å². The lowest BCUT2D eigenvalue weighted by Gasteiger charge is -2.37. The molecule has 0 amide bonds. The number of H-pyrrole nitrogens is 1. The second kappa shape index (κ2) is 11.3. The van der Waals surface area contributed by atoms with Crippen LogP contribution in [0.3, 0.4) is 0 Å². The molecule has 5 rings (SSSR count). The average molecular weight is 561 g/mol. The minimum absolute atomic E-state index is 0.168. The number of ether oxygens (including phenoxy) is 4. The summed E-state index contributed by atoms with van der Waals surface area (Å²) in [6.45, 7) is 1.20. The lowest BCUT2D eigenvalue weighted by Crippen LogP contribution is -2.47. The van der Waals surface area contributed by atoms with Gasteiger partial charge in [-0.25, -0.2) is 4.79 Å². The van der Waals surface area contributed by atoms with Crippen LogP contribution in [0, 0.1) is 0 Å². The van der Waals surface area contributed by atoms with Crippen LogP contribution >= 0.6 is 0 Å². The van der Waals surface area contributed by atoms with E-state index in [1.807, 2.05) is 78.9 Å². The molecule has 0 aliphatic carbocycles. The van der Waals surface area contributed by atoms with Crippen molar-refractivity contribution in [2.75, 3.05) is 20.8 Å². The number of methoxy groups -OCH3 is 2. The van der Waals surface area contributed by atoms with Crippen LogP contribution in [0.25, 0.3) is 0 Å². The molecule has 4 atom stereocenters. The Morgan fingerprint density at radius 2 is 1.41 bits per heavy atom. The molecule has 2 heterocycles. The van der Waals surface area contributed by atoms with Crippen LogP contribution in [0.1, 0.15) is 29.8 Å². The Bertz CT molecular complexity index is 1530. The van der Waals surface area contributed by atoms with Gasteiger partial charge in [0.25, 0.3) is 5.56 Å². The smallest absolute Gasteiger partial charge is 0.330 e. The number of aliphatic hydroxyl groups excluding tert-OH is 1. The van der Waals surface area contributed by atoms with Crippen LogP contribution < -0.4 is 20.7 Å². The number of rotatable bonds is 9. The fourth-order valence-electron chi connectivity index (χ4n) is 5.27. The molecular weight excluding hydrogens is 528 g/mol. The van der Waals surface area contributed by atoms with Gasteiger partial charge in [0.15, 0.2) is 6.23 Å². The Hall–Kier alpha value is -4.22. The molecule has 41 heavy (non-hydrogen) atoms. The number of nitrogens with zero attached hydrogens (tertiary/aromatic N) is 1. The molecule has 0 bridgehead atoms. The lowest BCUT2D eigenvalue weighted by molar-refractivity contribution is -0.107. The Morgan fingerprint density at radius 1 is 0.878 bits per heavy atom. The maximum absolute atomic E-state index is 12.5. The van der Waals surface area contributed by atoms with Gasteiger partial charge in [0.1, 0.15) is 34.9 Å². The van der Waals surface area contributed by atoms with Gasteiger partial charge in [0.05, 0.1) is 20.8 Å². The summed E-state index contributed by atoms with van der Waals surface area (Å²) in [7, 11) is 3.18. The van der Waals surface area contributed by atoms with Crippen LogP contribution in [0.2, 0.25) is 0 Å². The summed E-state index contributed by atoms with van der Waals surface area (Å²) in [6, 6.07) is 25.7. The zero-order valence-corrected chi connectivity index (χ0v) is 22.9. The number of aromatic amines is 1. The largest absolute Gasteiger partial charge is 0.497 e. The van der Waals surface area contributed by atoms with Crippen LogP contribution in [0.15, 0.2) is 101 Å². The number of aliphatic hydroxyl groups is 2. The van der Waals surface area contributed by atoms with Crippen molar-refractivity contribution < 1.29 is 29.2 Å². The van der Waals surface area contributed by atoms with Crippen LogP contribution in [0.4, 0.5) is 0 Å². The molecule has 0 spiro atoms. The molecule has 1 aliphatic rings. The summed E-state index contributed by atoms with van der Waals surface area (Å²) in [5.74, 6) is 1.34. The van der Waals surface area contributed by atoms with Gasteiger partial charge in [-0.05, 0) is 47.9 Å². The van der Waals surface area contributed by atoms with Crippen molar-refractivity contribution in [3.63, 3.8) is 0 Å². The number of benzene rings is 3. The Labute approximate surface area is 236 Å². The van der Waals surface area contributed by atoms with E-state index in [4.69, 9.17) is 18.9 Å². The van der Waals surface area contributed by atoms with E-state index in [0.717, 1.165) is 27.3 Å². The molecule has 1 aromatic heterocycles. The molecule has 3 aromatic carbocycles. The third kappa shape index (κ3) is 5.18. The highest BCUT2D eigenvalue weighted by Crippen LogP contribution is 2.44. The number of nitrogens with one attached hydrogen (secondary N) is 1. The van der Waals surface area contributed by atoms with Gasteiger partial charge < -0.3 is 29.2 Å². The summed E-state index contributed by atoms with van der Waals surface area (Å²) in [5, 5.41) is 22.4. The molecule has 1 fully saturated rings. The van der Waals surface area contributed by atoms with E-state index in [9.17, 15) is 19.8 Å². The van der Waals surface area contributed by atoms with E-state index in [0.29, 0.717) is 11.5 Å². The monoisotopic (exact) mass is 560 g/mol. The van der Waals surface area contributed by atoms with Gasteiger partial charge in [-0.1, -0.05) is 54.6 Å². The highest BCUT2D eigenvalue weighted by Gasteiger charge is 2.54. The first-order chi connectivity index (χ1) is 19.7. The summed E-state index contributed by atoms with van der Waals surface area (Å²) >= 11 is 0. The molecular formula is C31H32N2O8. The normalized spacial score (nSPS) is 22.4. The number of hydrogen-bond donors (Lipinski definition) is 3. The maximum Gasteiger partial charge on any atom is 0.330 e. The van der Waals surface area contributed by atoms with E-state index < -0.39 is 40.9 Å². The van der Waals surface area contributed by atoms with Crippen molar-refractivity contribution in [2.45, 2.75) is 36.6 Å². The van der Waals surface area contributed by atoms with Crippen LogP contribution in [-0.2, 0) is 15.1 Å². The minimum Gasteiger partial charge on any atom is -0.497 e. The molecule has 0 saturated carbocycles. The van der Waals surface area contributed by atoms with Crippen LogP contribution in [0.5, 0.6) is 11.5 Å². The first kappa shape index (κ1) is 28.3. The lowest BCUT2D eigenvalue weighted by atomic mass is 9.80. The van der Waals surface area contributed by atoms with E-state index in [-0.39, 0.29) is 6.61 Å². The molecule has 10 nitrogen and oxygen atoms in total. The minimum atomic E-state index is -1.87. The predicted molar refractivity (Wildman–Crippen MR) is 150 cm³/mol. The first-order valence-electron chi connectivity index (χ1n) is 13.1. The summed E-state index contributed by atoms with van der Waals surface area (Å²) < 4.78 is 24.7. The van der Waals surface area contributed by atoms with Crippen molar-refractivity contribution in [1.29, 1.82) is 0 Å². The second-order valence-corrected chi connectivity index (χ2v) is 10.0. The molecule has 214 valence electrons.